The Bertz CT molecular complexity index is 141. The molecule has 1 aliphatic heterocycles. The molecule has 0 radical (unpaired) electrons. The van der Waals surface area contributed by atoms with E-state index in [1.165, 1.54) is 12.3 Å². The van der Waals surface area contributed by atoms with E-state index < -0.39 is 0 Å². The minimum absolute atomic E-state index is 0.865. The smallest absolute Gasteiger partial charge is 0.0107 e. The van der Waals surface area contributed by atoms with Crippen LogP contribution < -0.4 is 5.32 Å². The third-order valence-electron chi connectivity index (χ3n) is 3.34. The summed E-state index contributed by atoms with van der Waals surface area (Å²) in [6.45, 7) is 2.33. The maximum atomic E-state index is 3.58. The maximum absolute atomic E-state index is 3.58. The van der Waals surface area contributed by atoms with Crippen molar-refractivity contribution in [3.05, 3.63) is 0 Å². The van der Waals surface area contributed by atoms with E-state index in [2.05, 4.69) is 12.2 Å². The fourth-order valence-electron chi connectivity index (χ4n) is 2.90. The first-order chi connectivity index (χ1) is 3.88. The van der Waals surface area contributed by atoms with E-state index in [0.29, 0.717) is 0 Å². The van der Waals surface area contributed by atoms with Gasteiger partial charge in [-0.05, 0) is 31.1 Å². The summed E-state index contributed by atoms with van der Waals surface area (Å²) in [5, 5.41) is 3.58. The zero-order chi connectivity index (χ0) is 5.30. The topological polar surface area (TPSA) is 12.0 Å². The van der Waals surface area contributed by atoms with Gasteiger partial charge in [-0.25, -0.2) is 0 Å². The number of hydrogen-bond acceptors (Lipinski definition) is 1. The van der Waals surface area contributed by atoms with Crippen molar-refractivity contribution in [1.82, 2.24) is 5.32 Å². The molecule has 44 valence electrons. The lowest BCUT2D eigenvalue weighted by Gasteiger charge is -2.28. The molecule has 1 heteroatoms. The zero-order valence-electron chi connectivity index (χ0n) is 5.09. The lowest BCUT2D eigenvalue weighted by Crippen LogP contribution is -2.41. The van der Waals surface area contributed by atoms with E-state index in [4.69, 9.17) is 0 Å². The van der Waals surface area contributed by atoms with Gasteiger partial charge < -0.3 is 5.32 Å². The van der Waals surface area contributed by atoms with E-state index in [9.17, 15) is 0 Å². The van der Waals surface area contributed by atoms with Crippen LogP contribution >= 0.6 is 0 Å². The van der Waals surface area contributed by atoms with Gasteiger partial charge in [-0.2, -0.15) is 0 Å². The van der Waals surface area contributed by atoms with Gasteiger partial charge in [-0.3, -0.25) is 0 Å². The van der Waals surface area contributed by atoms with Gasteiger partial charge in [0.25, 0.3) is 0 Å². The van der Waals surface area contributed by atoms with Crippen LogP contribution in [-0.4, -0.2) is 12.1 Å². The van der Waals surface area contributed by atoms with Crippen molar-refractivity contribution < 1.29 is 0 Å². The molecule has 3 rings (SSSR count). The van der Waals surface area contributed by atoms with Crippen molar-refractivity contribution >= 4 is 0 Å². The number of nitrogens with one attached hydrogen (secondary N) is 1. The molecule has 1 nitrogen and oxygen atoms in total. The Kier molecular flexibility index (Phi) is 0.418. The van der Waals surface area contributed by atoms with Crippen molar-refractivity contribution in [1.29, 1.82) is 0 Å². The van der Waals surface area contributed by atoms with Crippen LogP contribution in [0.15, 0.2) is 0 Å². The minimum atomic E-state index is 0.865. The summed E-state index contributed by atoms with van der Waals surface area (Å²) < 4.78 is 0. The molecule has 3 fully saturated rings. The summed E-state index contributed by atoms with van der Waals surface area (Å²) in [7, 11) is 0. The first kappa shape index (κ1) is 3.89. The average molecular weight is 109 g/mol. The first-order valence-corrected chi connectivity index (χ1v) is 3.64. The van der Waals surface area contributed by atoms with Gasteiger partial charge >= 0.3 is 0 Å². The quantitative estimate of drug-likeness (QED) is 0.480. The number of piperidine rings is 2. The highest BCUT2D eigenvalue weighted by Gasteiger charge is 2.69. The molecular formula is C7H11N. The van der Waals surface area contributed by atoms with Crippen LogP contribution in [0.5, 0.6) is 0 Å². The van der Waals surface area contributed by atoms with E-state index in [-0.39, 0.29) is 0 Å². The van der Waals surface area contributed by atoms with E-state index >= 15 is 0 Å². The van der Waals surface area contributed by atoms with Gasteiger partial charge in [0, 0.05) is 12.1 Å². The molecule has 5 atom stereocenters. The van der Waals surface area contributed by atoms with Crippen molar-refractivity contribution in [3.8, 4) is 0 Å². The Hall–Kier alpha value is -0.0400. The first-order valence-electron chi connectivity index (χ1n) is 3.64. The molecule has 0 aromatic rings. The van der Waals surface area contributed by atoms with E-state index in [1.54, 1.807) is 0 Å². The Morgan fingerprint density at radius 2 is 2.25 bits per heavy atom. The molecule has 5 unspecified atom stereocenters. The molecule has 0 spiro atoms. The highest BCUT2D eigenvalue weighted by Crippen LogP contribution is 2.66. The Morgan fingerprint density at radius 3 is 2.50 bits per heavy atom. The molecule has 2 aliphatic carbocycles. The van der Waals surface area contributed by atoms with Gasteiger partial charge in [-0.1, -0.05) is 0 Å². The largest absolute Gasteiger partial charge is 0.311 e. The Balaban J connectivity index is 1.99. The third kappa shape index (κ3) is 0.218. The zero-order valence-corrected chi connectivity index (χ0v) is 5.09. The summed E-state index contributed by atoms with van der Waals surface area (Å²) >= 11 is 0. The molecule has 1 saturated heterocycles. The van der Waals surface area contributed by atoms with Crippen LogP contribution in [0.1, 0.15) is 13.3 Å². The molecule has 0 amide bonds. The standard InChI is InChI=1S/C7H11N/c1-3-6-4-2-5(8-3)7(4)6/h3-8H,2H2,1H3. The maximum Gasteiger partial charge on any atom is 0.0107 e. The fourth-order valence-corrected chi connectivity index (χ4v) is 2.90. The highest BCUT2D eigenvalue weighted by atomic mass is 15.1. The lowest BCUT2D eigenvalue weighted by molar-refractivity contribution is 0.290. The van der Waals surface area contributed by atoms with Gasteiger partial charge in [0.1, 0.15) is 0 Å². The van der Waals surface area contributed by atoms with Gasteiger partial charge in [0.2, 0.25) is 0 Å². The Morgan fingerprint density at radius 1 is 1.38 bits per heavy atom. The van der Waals surface area contributed by atoms with E-state index in [0.717, 1.165) is 23.9 Å². The molecule has 1 heterocycles. The highest BCUT2D eigenvalue weighted by molar-refractivity contribution is 5.22. The lowest BCUT2D eigenvalue weighted by atomic mass is 9.92. The molecule has 0 bridgehead atoms. The predicted molar refractivity (Wildman–Crippen MR) is 31.5 cm³/mol. The molecule has 2 saturated carbocycles. The second-order valence-electron chi connectivity index (χ2n) is 3.62. The second kappa shape index (κ2) is 0.860. The summed E-state index contributed by atoms with van der Waals surface area (Å²) in [6.07, 6.45) is 1.50. The second-order valence-corrected chi connectivity index (χ2v) is 3.62. The summed E-state index contributed by atoms with van der Waals surface area (Å²) in [4.78, 5) is 0. The molecule has 3 aliphatic rings. The summed E-state index contributed by atoms with van der Waals surface area (Å²) in [6, 6.07) is 1.82. The van der Waals surface area contributed by atoms with Crippen molar-refractivity contribution in [2.24, 2.45) is 17.8 Å². The monoisotopic (exact) mass is 109 g/mol. The molecule has 0 aromatic heterocycles. The van der Waals surface area contributed by atoms with Gasteiger partial charge in [0.15, 0.2) is 0 Å². The van der Waals surface area contributed by atoms with Crippen LogP contribution in [0.4, 0.5) is 0 Å². The minimum Gasteiger partial charge on any atom is -0.311 e. The van der Waals surface area contributed by atoms with Crippen LogP contribution in [-0.2, 0) is 0 Å². The summed E-state index contributed by atoms with van der Waals surface area (Å²) in [5.41, 5.74) is 0. The summed E-state index contributed by atoms with van der Waals surface area (Å²) in [5.74, 6) is 3.43. The van der Waals surface area contributed by atoms with Crippen LogP contribution in [0, 0.1) is 17.8 Å². The van der Waals surface area contributed by atoms with Crippen molar-refractivity contribution in [2.45, 2.75) is 25.4 Å². The Labute approximate surface area is 49.5 Å². The molecule has 1 N–H and O–H groups in total. The molecule has 8 heavy (non-hydrogen) atoms. The van der Waals surface area contributed by atoms with Crippen molar-refractivity contribution in [2.75, 3.05) is 0 Å². The SMILES string of the molecule is CC1NC2CC3C1C23. The number of rotatable bonds is 0. The normalized spacial score (nSPS) is 73.9. The molecular weight excluding hydrogens is 98.1 g/mol. The van der Waals surface area contributed by atoms with Gasteiger partial charge in [0.05, 0.1) is 0 Å². The van der Waals surface area contributed by atoms with Crippen LogP contribution in [0.25, 0.3) is 0 Å². The van der Waals surface area contributed by atoms with E-state index in [1.807, 2.05) is 0 Å². The van der Waals surface area contributed by atoms with Crippen LogP contribution in [0.3, 0.4) is 0 Å². The number of fused-ring (bicyclic) bond motifs is 1. The van der Waals surface area contributed by atoms with Crippen molar-refractivity contribution in [3.63, 3.8) is 0 Å². The van der Waals surface area contributed by atoms with Crippen LogP contribution in [0.2, 0.25) is 0 Å². The predicted octanol–water partition coefficient (Wildman–Crippen LogP) is 0.613. The third-order valence-corrected chi connectivity index (χ3v) is 3.34. The average Bonchev–Trinajstić information content (AvgIpc) is 2.20. The fraction of sp³-hybridized carbons (Fsp3) is 1.00. The molecule has 0 aromatic carbocycles. The van der Waals surface area contributed by atoms with Gasteiger partial charge in [-0.15, -0.1) is 0 Å². The number of hydrogen-bond donors (Lipinski definition) is 1.